The third kappa shape index (κ3) is 5.52. The number of benzene rings is 1. The van der Waals surface area contributed by atoms with E-state index in [1.807, 2.05) is 24.3 Å². The van der Waals surface area contributed by atoms with Crippen LogP contribution in [-0.2, 0) is 22.6 Å². The molecule has 0 heterocycles. The van der Waals surface area contributed by atoms with E-state index in [0.29, 0.717) is 6.54 Å². The van der Waals surface area contributed by atoms with Crippen molar-refractivity contribution < 1.29 is 14.7 Å². The molecule has 0 spiro atoms. The second-order valence-corrected chi connectivity index (χ2v) is 4.49. The van der Waals surface area contributed by atoms with Crippen LogP contribution in [0.5, 0.6) is 0 Å². The fourth-order valence-corrected chi connectivity index (χ4v) is 1.67. The summed E-state index contributed by atoms with van der Waals surface area (Å²) in [6.07, 6.45) is 1.94. The predicted molar refractivity (Wildman–Crippen MR) is 72.5 cm³/mol. The van der Waals surface area contributed by atoms with Crippen molar-refractivity contribution in [3.8, 4) is 0 Å². The van der Waals surface area contributed by atoms with Crippen LogP contribution < -0.4 is 11.1 Å². The zero-order valence-electron chi connectivity index (χ0n) is 11.1. The van der Waals surface area contributed by atoms with Gasteiger partial charge >= 0.3 is 5.97 Å². The first-order valence-electron chi connectivity index (χ1n) is 6.35. The highest BCUT2D eigenvalue weighted by atomic mass is 16.4. The van der Waals surface area contributed by atoms with Crippen molar-refractivity contribution in [2.24, 2.45) is 5.73 Å². The lowest BCUT2D eigenvalue weighted by Gasteiger charge is -2.08. The van der Waals surface area contributed by atoms with Gasteiger partial charge in [0.1, 0.15) is 6.04 Å². The smallest absolute Gasteiger partial charge is 0.321 e. The maximum absolute atomic E-state index is 11.4. The SMILES string of the molecule is CCCc1ccc(CNC(=O)CC(N)C(=O)O)cc1. The highest BCUT2D eigenvalue weighted by Gasteiger charge is 2.15. The number of aryl methyl sites for hydroxylation is 1. The van der Waals surface area contributed by atoms with E-state index in [4.69, 9.17) is 10.8 Å². The highest BCUT2D eigenvalue weighted by molar-refractivity contribution is 5.84. The number of nitrogens with two attached hydrogens (primary N) is 1. The van der Waals surface area contributed by atoms with Crippen LogP contribution >= 0.6 is 0 Å². The molecule has 4 N–H and O–H groups in total. The topological polar surface area (TPSA) is 92.4 Å². The zero-order chi connectivity index (χ0) is 14.3. The van der Waals surface area contributed by atoms with E-state index >= 15 is 0 Å². The van der Waals surface area contributed by atoms with E-state index in [1.165, 1.54) is 5.56 Å². The van der Waals surface area contributed by atoms with Gasteiger partial charge in [0.2, 0.25) is 5.91 Å². The van der Waals surface area contributed by atoms with E-state index in [-0.39, 0.29) is 12.3 Å². The Hall–Kier alpha value is -1.88. The van der Waals surface area contributed by atoms with Gasteiger partial charge in [-0.1, -0.05) is 37.6 Å². The van der Waals surface area contributed by atoms with Crippen molar-refractivity contribution in [1.29, 1.82) is 0 Å². The summed E-state index contributed by atoms with van der Waals surface area (Å²) in [5.74, 6) is -1.52. The molecule has 19 heavy (non-hydrogen) atoms. The average molecular weight is 264 g/mol. The van der Waals surface area contributed by atoms with Crippen LogP contribution in [0.4, 0.5) is 0 Å². The lowest BCUT2D eigenvalue weighted by atomic mass is 10.1. The van der Waals surface area contributed by atoms with Crippen molar-refractivity contribution in [3.05, 3.63) is 35.4 Å². The molecule has 0 aliphatic rings. The van der Waals surface area contributed by atoms with Crippen LogP contribution in [0.1, 0.15) is 30.9 Å². The zero-order valence-corrected chi connectivity index (χ0v) is 11.1. The largest absolute Gasteiger partial charge is 0.480 e. The molecule has 0 fully saturated rings. The summed E-state index contributed by atoms with van der Waals surface area (Å²) in [5.41, 5.74) is 7.53. The Morgan fingerprint density at radius 3 is 2.37 bits per heavy atom. The number of carbonyl (C=O) groups excluding carboxylic acids is 1. The Balaban J connectivity index is 2.39. The number of rotatable bonds is 7. The number of carbonyl (C=O) groups is 2. The number of carboxylic acid groups (broad SMARTS) is 1. The molecular formula is C14H20N2O3. The maximum Gasteiger partial charge on any atom is 0.321 e. The van der Waals surface area contributed by atoms with Crippen LogP contribution in [0.25, 0.3) is 0 Å². The molecule has 0 bridgehead atoms. The molecule has 5 nitrogen and oxygen atoms in total. The molecule has 0 radical (unpaired) electrons. The predicted octanol–water partition coefficient (Wildman–Crippen LogP) is 1.06. The van der Waals surface area contributed by atoms with E-state index in [0.717, 1.165) is 18.4 Å². The number of hydrogen-bond donors (Lipinski definition) is 3. The third-order valence-electron chi connectivity index (χ3n) is 2.77. The first kappa shape index (κ1) is 15.2. The van der Waals surface area contributed by atoms with Gasteiger partial charge in [-0.25, -0.2) is 0 Å². The van der Waals surface area contributed by atoms with E-state index in [2.05, 4.69) is 12.2 Å². The Bertz CT molecular complexity index is 429. The Kier molecular flexibility index (Phi) is 6.02. The molecule has 0 aliphatic heterocycles. The summed E-state index contributed by atoms with van der Waals surface area (Å²) in [6.45, 7) is 2.51. The first-order valence-corrected chi connectivity index (χ1v) is 6.35. The van der Waals surface area contributed by atoms with Crippen molar-refractivity contribution in [3.63, 3.8) is 0 Å². The fraction of sp³-hybridized carbons (Fsp3) is 0.429. The normalized spacial score (nSPS) is 11.9. The molecule has 104 valence electrons. The minimum atomic E-state index is -1.17. The molecule has 5 heteroatoms. The summed E-state index contributed by atoms with van der Waals surface area (Å²) >= 11 is 0. The summed E-state index contributed by atoms with van der Waals surface area (Å²) in [6, 6.07) is 6.85. The van der Waals surface area contributed by atoms with E-state index in [1.54, 1.807) is 0 Å². The summed E-state index contributed by atoms with van der Waals surface area (Å²) in [7, 11) is 0. The number of amides is 1. The van der Waals surface area contributed by atoms with Gasteiger partial charge in [-0.2, -0.15) is 0 Å². The Labute approximate surface area is 112 Å². The van der Waals surface area contributed by atoms with Gasteiger partial charge in [0.25, 0.3) is 0 Å². The molecule has 0 saturated heterocycles. The van der Waals surface area contributed by atoms with Crippen molar-refractivity contribution in [1.82, 2.24) is 5.32 Å². The monoisotopic (exact) mass is 264 g/mol. The van der Waals surface area contributed by atoms with Crippen molar-refractivity contribution in [2.75, 3.05) is 0 Å². The Morgan fingerprint density at radius 2 is 1.84 bits per heavy atom. The Morgan fingerprint density at radius 1 is 1.26 bits per heavy atom. The van der Waals surface area contributed by atoms with Gasteiger partial charge in [-0.3, -0.25) is 9.59 Å². The molecular weight excluding hydrogens is 244 g/mol. The first-order chi connectivity index (χ1) is 9.02. The van der Waals surface area contributed by atoms with Crippen LogP contribution in [0, 0.1) is 0 Å². The summed E-state index contributed by atoms with van der Waals surface area (Å²) in [5, 5.41) is 11.2. The van der Waals surface area contributed by atoms with Gasteiger partial charge in [0.05, 0.1) is 6.42 Å². The van der Waals surface area contributed by atoms with Crippen LogP contribution in [0.2, 0.25) is 0 Å². The lowest BCUT2D eigenvalue weighted by molar-refractivity contribution is -0.140. The molecule has 1 rings (SSSR count). The quantitative estimate of drug-likeness (QED) is 0.686. The standard InChI is InChI=1S/C14H20N2O3/c1-2-3-10-4-6-11(7-5-10)9-16-13(17)8-12(15)14(18)19/h4-7,12H,2-3,8-9,15H2,1H3,(H,16,17)(H,18,19). The molecule has 1 aromatic rings. The van der Waals surface area contributed by atoms with Gasteiger partial charge in [0.15, 0.2) is 0 Å². The molecule has 1 atom stereocenters. The number of hydrogen-bond acceptors (Lipinski definition) is 3. The van der Waals surface area contributed by atoms with Crippen LogP contribution in [-0.4, -0.2) is 23.0 Å². The summed E-state index contributed by atoms with van der Waals surface area (Å²) < 4.78 is 0. The average Bonchev–Trinajstić information content (AvgIpc) is 2.38. The van der Waals surface area contributed by atoms with Crippen LogP contribution in [0.15, 0.2) is 24.3 Å². The highest BCUT2D eigenvalue weighted by Crippen LogP contribution is 2.06. The lowest BCUT2D eigenvalue weighted by Crippen LogP contribution is -2.36. The van der Waals surface area contributed by atoms with Gasteiger partial charge in [-0.15, -0.1) is 0 Å². The van der Waals surface area contributed by atoms with E-state index < -0.39 is 12.0 Å². The minimum absolute atomic E-state index is 0.205. The molecule has 1 unspecified atom stereocenters. The van der Waals surface area contributed by atoms with E-state index in [9.17, 15) is 9.59 Å². The van der Waals surface area contributed by atoms with Gasteiger partial charge in [0, 0.05) is 6.54 Å². The third-order valence-corrected chi connectivity index (χ3v) is 2.77. The minimum Gasteiger partial charge on any atom is -0.480 e. The number of aliphatic carboxylic acids is 1. The molecule has 0 aromatic heterocycles. The summed E-state index contributed by atoms with van der Waals surface area (Å²) in [4.78, 5) is 21.9. The molecule has 0 saturated carbocycles. The molecule has 1 amide bonds. The number of nitrogens with one attached hydrogen (secondary N) is 1. The second kappa shape index (κ2) is 7.53. The maximum atomic E-state index is 11.4. The molecule has 0 aliphatic carbocycles. The second-order valence-electron chi connectivity index (χ2n) is 4.49. The van der Waals surface area contributed by atoms with Crippen LogP contribution in [0.3, 0.4) is 0 Å². The molecule has 1 aromatic carbocycles. The number of carboxylic acids is 1. The van der Waals surface area contributed by atoms with Gasteiger partial charge < -0.3 is 16.2 Å². The van der Waals surface area contributed by atoms with Crippen molar-refractivity contribution >= 4 is 11.9 Å². The fourth-order valence-electron chi connectivity index (χ4n) is 1.67. The van der Waals surface area contributed by atoms with Gasteiger partial charge in [-0.05, 0) is 17.5 Å². The van der Waals surface area contributed by atoms with Crippen molar-refractivity contribution in [2.45, 2.75) is 38.8 Å².